The molecule has 0 bridgehead atoms. The molecule has 1 rings (SSSR count). The second-order valence-electron chi connectivity index (χ2n) is 3.35. The zero-order chi connectivity index (χ0) is 7.94. The average Bonchev–Trinajstić information content (AvgIpc) is 2.33. The van der Waals surface area contributed by atoms with Crippen LogP contribution < -0.4 is 5.73 Å². The number of hydrogen-bond donors (Lipinski definition) is 1. The topological polar surface area (TPSA) is 52.3 Å². The fourth-order valence-electron chi connectivity index (χ4n) is 1.25. The zero-order valence-corrected chi connectivity index (χ0v) is 6.55. The van der Waals surface area contributed by atoms with E-state index in [1.165, 1.54) is 7.11 Å². The van der Waals surface area contributed by atoms with Crippen molar-refractivity contribution in [2.45, 2.75) is 19.9 Å². The van der Waals surface area contributed by atoms with Gasteiger partial charge in [0.25, 0.3) is 0 Å². The molecule has 1 fully saturated rings. The van der Waals surface area contributed by atoms with Gasteiger partial charge in [-0.3, -0.25) is 4.79 Å². The molecule has 1 saturated carbocycles. The van der Waals surface area contributed by atoms with E-state index in [9.17, 15) is 4.79 Å². The van der Waals surface area contributed by atoms with E-state index in [1.54, 1.807) is 0 Å². The Labute approximate surface area is 60.5 Å². The van der Waals surface area contributed by atoms with E-state index in [1.807, 2.05) is 13.8 Å². The van der Waals surface area contributed by atoms with Crippen LogP contribution in [0.15, 0.2) is 0 Å². The highest BCUT2D eigenvalue weighted by atomic mass is 16.5. The maximum absolute atomic E-state index is 10.9. The first-order valence-corrected chi connectivity index (χ1v) is 3.35. The molecule has 0 unspecified atom stereocenters. The van der Waals surface area contributed by atoms with Crippen LogP contribution >= 0.6 is 0 Å². The highest BCUT2D eigenvalue weighted by molar-refractivity contribution is 5.78. The first-order chi connectivity index (χ1) is 4.51. The summed E-state index contributed by atoms with van der Waals surface area (Å²) in [7, 11) is 1.39. The van der Waals surface area contributed by atoms with E-state index in [0.717, 1.165) is 0 Å². The SMILES string of the molecule is COC(=O)[C@@H]1[C@H](N)C1(C)C. The molecule has 3 nitrogen and oxygen atoms in total. The molecule has 0 aromatic rings. The number of carbonyl (C=O) groups is 1. The fourth-order valence-corrected chi connectivity index (χ4v) is 1.25. The van der Waals surface area contributed by atoms with E-state index in [-0.39, 0.29) is 23.3 Å². The number of methoxy groups -OCH3 is 1. The molecule has 2 atom stereocenters. The minimum absolute atomic E-state index is 0.0139. The van der Waals surface area contributed by atoms with E-state index < -0.39 is 0 Å². The summed E-state index contributed by atoms with van der Waals surface area (Å²) < 4.78 is 4.56. The Balaban J connectivity index is 2.57. The lowest BCUT2D eigenvalue weighted by Gasteiger charge is -1.98. The molecule has 0 aromatic carbocycles. The lowest BCUT2D eigenvalue weighted by molar-refractivity contribution is -0.143. The largest absolute Gasteiger partial charge is 0.469 e. The smallest absolute Gasteiger partial charge is 0.310 e. The van der Waals surface area contributed by atoms with Gasteiger partial charge in [-0.25, -0.2) is 0 Å². The fraction of sp³-hybridized carbons (Fsp3) is 0.857. The van der Waals surface area contributed by atoms with Gasteiger partial charge < -0.3 is 10.5 Å². The number of carbonyl (C=O) groups excluding carboxylic acids is 1. The van der Waals surface area contributed by atoms with Crippen molar-refractivity contribution < 1.29 is 9.53 Å². The summed E-state index contributed by atoms with van der Waals surface area (Å²) in [4.78, 5) is 10.9. The molecule has 1 aliphatic carbocycles. The van der Waals surface area contributed by atoms with Crippen molar-refractivity contribution >= 4 is 5.97 Å². The molecule has 0 aromatic heterocycles. The third-order valence-electron chi connectivity index (χ3n) is 2.37. The van der Waals surface area contributed by atoms with Gasteiger partial charge in [0.05, 0.1) is 13.0 Å². The molecule has 0 aliphatic heterocycles. The van der Waals surface area contributed by atoms with Gasteiger partial charge in [-0.15, -0.1) is 0 Å². The third-order valence-corrected chi connectivity index (χ3v) is 2.37. The van der Waals surface area contributed by atoms with Crippen LogP contribution in [0.25, 0.3) is 0 Å². The normalized spacial score (nSPS) is 35.2. The Bertz CT molecular complexity index is 165. The van der Waals surface area contributed by atoms with Gasteiger partial charge in [0.1, 0.15) is 0 Å². The molecule has 0 saturated heterocycles. The first kappa shape index (κ1) is 7.54. The first-order valence-electron chi connectivity index (χ1n) is 3.35. The molecule has 10 heavy (non-hydrogen) atoms. The summed E-state index contributed by atoms with van der Waals surface area (Å²) in [6.45, 7) is 3.94. The van der Waals surface area contributed by atoms with Crippen molar-refractivity contribution in [3.63, 3.8) is 0 Å². The number of esters is 1. The molecule has 0 radical (unpaired) electrons. The summed E-state index contributed by atoms with van der Waals surface area (Å²) >= 11 is 0. The van der Waals surface area contributed by atoms with Gasteiger partial charge in [0.2, 0.25) is 0 Å². The predicted octanol–water partition coefficient (Wildman–Crippen LogP) is 0.143. The van der Waals surface area contributed by atoms with Crippen molar-refractivity contribution in [1.82, 2.24) is 0 Å². The van der Waals surface area contributed by atoms with Gasteiger partial charge in [-0.2, -0.15) is 0 Å². The van der Waals surface area contributed by atoms with Crippen LogP contribution in [0.5, 0.6) is 0 Å². The Kier molecular flexibility index (Phi) is 1.47. The standard InChI is InChI=1S/C7H13NO2/c1-7(2)4(5(7)8)6(9)10-3/h4-5H,8H2,1-3H3/t4-,5-/m0/s1. The van der Waals surface area contributed by atoms with Crippen molar-refractivity contribution in [3.8, 4) is 0 Å². The highest BCUT2D eigenvalue weighted by Crippen LogP contribution is 2.50. The zero-order valence-electron chi connectivity index (χ0n) is 6.55. The van der Waals surface area contributed by atoms with Crippen LogP contribution in [-0.2, 0) is 9.53 Å². The maximum atomic E-state index is 10.9. The van der Waals surface area contributed by atoms with Crippen LogP contribution in [0.2, 0.25) is 0 Å². The van der Waals surface area contributed by atoms with Crippen molar-refractivity contribution in [3.05, 3.63) is 0 Å². The Hall–Kier alpha value is -0.570. The average molecular weight is 143 g/mol. The second kappa shape index (κ2) is 1.95. The van der Waals surface area contributed by atoms with E-state index in [2.05, 4.69) is 4.74 Å². The minimum atomic E-state index is -0.183. The molecule has 1 aliphatic rings. The monoisotopic (exact) mass is 143 g/mol. The molecule has 58 valence electrons. The van der Waals surface area contributed by atoms with E-state index in [4.69, 9.17) is 5.73 Å². The Morgan fingerprint density at radius 1 is 1.60 bits per heavy atom. The molecule has 3 heteroatoms. The van der Waals surface area contributed by atoms with Crippen LogP contribution in [-0.4, -0.2) is 19.1 Å². The van der Waals surface area contributed by atoms with Gasteiger partial charge in [0, 0.05) is 6.04 Å². The van der Waals surface area contributed by atoms with Crippen LogP contribution in [0.3, 0.4) is 0 Å². The number of ether oxygens (including phenoxy) is 1. The lowest BCUT2D eigenvalue weighted by atomic mass is 10.1. The minimum Gasteiger partial charge on any atom is -0.469 e. The number of rotatable bonds is 1. The van der Waals surface area contributed by atoms with Crippen molar-refractivity contribution in [2.75, 3.05) is 7.11 Å². The van der Waals surface area contributed by atoms with Crippen LogP contribution in [0.1, 0.15) is 13.8 Å². The number of nitrogens with two attached hydrogens (primary N) is 1. The summed E-state index contributed by atoms with van der Waals surface area (Å²) in [6.07, 6.45) is 0. The highest BCUT2D eigenvalue weighted by Gasteiger charge is 2.60. The summed E-state index contributed by atoms with van der Waals surface area (Å²) in [6, 6.07) is -0.0139. The van der Waals surface area contributed by atoms with Crippen molar-refractivity contribution in [2.24, 2.45) is 17.1 Å². The van der Waals surface area contributed by atoms with E-state index in [0.29, 0.717) is 0 Å². The summed E-state index contributed by atoms with van der Waals surface area (Å²) in [5.74, 6) is -0.269. The molecule has 0 spiro atoms. The van der Waals surface area contributed by atoms with Gasteiger partial charge >= 0.3 is 5.97 Å². The maximum Gasteiger partial charge on any atom is 0.310 e. The van der Waals surface area contributed by atoms with Crippen LogP contribution in [0, 0.1) is 11.3 Å². The molecule has 0 heterocycles. The summed E-state index contributed by atoms with van der Waals surface area (Å²) in [5, 5.41) is 0. The summed E-state index contributed by atoms with van der Waals surface area (Å²) in [5.41, 5.74) is 5.57. The van der Waals surface area contributed by atoms with Crippen LogP contribution in [0.4, 0.5) is 0 Å². The van der Waals surface area contributed by atoms with Crippen molar-refractivity contribution in [1.29, 1.82) is 0 Å². The lowest BCUT2D eigenvalue weighted by Crippen LogP contribution is -2.11. The predicted molar refractivity (Wildman–Crippen MR) is 37.3 cm³/mol. The van der Waals surface area contributed by atoms with Gasteiger partial charge in [-0.1, -0.05) is 13.8 Å². The van der Waals surface area contributed by atoms with E-state index >= 15 is 0 Å². The molecular formula is C7H13NO2. The third kappa shape index (κ3) is 0.814. The molecule has 2 N–H and O–H groups in total. The second-order valence-corrected chi connectivity index (χ2v) is 3.35. The number of hydrogen-bond acceptors (Lipinski definition) is 3. The molecule has 0 amide bonds. The Morgan fingerprint density at radius 2 is 2.00 bits per heavy atom. The Morgan fingerprint density at radius 3 is 2.10 bits per heavy atom. The molecular weight excluding hydrogens is 130 g/mol. The van der Waals surface area contributed by atoms with Gasteiger partial charge in [0.15, 0.2) is 0 Å². The van der Waals surface area contributed by atoms with Gasteiger partial charge in [-0.05, 0) is 5.41 Å². The quantitative estimate of drug-likeness (QED) is 0.531.